The first-order chi connectivity index (χ1) is 12.4. The Bertz CT molecular complexity index is 794. The Kier molecular flexibility index (Phi) is 4.80. The van der Waals surface area contributed by atoms with Gasteiger partial charge in [0.1, 0.15) is 0 Å². The molecule has 0 bridgehead atoms. The Morgan fingerprint density at radius 1 is 1.15 bits per heavy atom. The summed E-state index contributed by atoms with van der Waals surface area (Å²) < 4.78 is 5.02. The Labute approximate surface area is 151 Å². The fourth-order valence-electron chi connectivity index (χ4n) is 3.79. The Morgan fingerprint density at radius 2 is 1.73 bits per heavy atom. The molecule has 1 saturated heterocycles. The molecule has 2 aliphatic rings. The van der Waals surface area contributed by atoms with Gasteiger partial charge in [0.15, 0.2) is 5.78 Å². The lowest BCUT2D eigenvalue weighted by Crippen LogP contribution is -2.36. The van der Waals surface area contributed by atoms with Crippen molar-refractivity contribution in [3.63, 3.8) is 0 Å². The van der Waals surface area contributed by atoms with Crippen LogP contribution in [0.25, 0.3) is 0 Å². The largest absolute Gasteiger partial charge is 0.462 e. The third-order valence-corrected chi connectivity index (χ3v) is 5.10. The zero-order valence-electron chi connectivity index (χ0n) is 15.1. The minimum atomic E-state index is -0.497. The Balaban J connectivity index is 1.81. The standard InChI is InChI=1S/C19H22N2O5/c1-4-26-19(25)15-10(2)16(20-11(15)3)14(22)9-21-17(23)12-7-5-6-8-13(12)18(21)24/h5-6,12-13,20H,4,7-9H2,1-3H3/t12-,13+. The van der Waals surface area contributed by atoms with Crippen molar-refractivity contribution < 1.29 is 23.9 Å². The number of fused-ring (bicyclic) bond motifs is 1. The van der Waals surface area contributed by atoms with Crippen molar-refractivity contribution in [1.82, 2.24) is 9.88 Å². The number of allylic oxidation sites excluding steroid dienone is 2. The lowest BCUT2D eigenvalue weighted by Gasteiger charge is -2.14. The smallest absolute Gasteiger partial charge is 0.340 e. The number of imide groups is 1. The molecule has 1 aromatic rings. The molecule has 7 nitrogen and oxygen atoms in total. The molecule has 0 saturated carbocycles. The van der Waals surface area contributed by atoms with Crippen molar-refractivity contribution in [2.75, 3.05) is 13.2 Å². The second-order valence-corrected chi connectivity index (χ2v) is 6.69. The summed E-state index contributed by atoms with van der Waals surface area (Å²) in [6.45, 7) is 4.97. The van der Waals surface area contributed by atoms with Gasteiger partial charge in [-0.25, -0.2) is 4.79 Å². The molecule has 26 heavy (non-hydrogen) atoms. The molecule has 0 radical (unpaired) electrons. The molecular weight excluding hydrogens is 336 g/mol. The number of esters is 1. The van der Waals surface area contributed by atoms with Crippen LogP contribution >= 0.6 is 0 Å². The molecule has 1 N–H and O–H groups in total. The minimum absolute atomic E-state index is 0.235. The summed E-state index contributed by atoms with van der Waals surface area (Å²) in [5.41, 5.74) is 1.57. The number of nitrogens with one attached hydrogen (secondary N) is 1. The number of hydrogen-bond donors (Lipinski definition) is 1. The van der Waals surface area contributed by atoms with Crippen LogP contribution < -0.4 is 0 Å². The highest BCUT2D eigenvalue weighted by atomic mass is 16.5. The normalized spacial score (nSPS) is 21.9. The van der Waals surface area contributed by atoms with E-state index in [1.54, 1.807) is 20.8 Å². The zero-order valence-corrected chi connectivity index (χ0v) is 15.1. The van der Waals surface area contributed by atoms with Gasteiger partial charge in [-0.1, -0.05) is 12.2 Å². The molecule has 0 unspecified atom stereocenters. The maximum Gasteiger partial charge on any atom is 0.340 e. The molecule has 2 amide bonds. The van der Waals surface area contributed by atoms with Gasteiger partial charge in [-0.15, -0.1) is 0 Å². The highest BCUT2D eigenvalue weighted by Crippen LogP contribution is 2.35. The molecule has 1 aliphatic carbocycles. The highest BCUT2D eigenvalue weighted by Gasteiger charge is 2.47. The van der Waals surface area contributed by atoms with Crippen LogP contribution in [0.2, 0.25) is 0 Å². The molecule has 0 aromatic carbocycles. The van der Waals surface area contributed by atoms with E-state index in [1.807, 2.05) is 12.2 Å². The fraction of sp³-hybridized carbons (Fsp3) is 0.474. The average Bonchev–Trinajstić information content (AvgIpc) is 3.04. The first kappa shape index (κ1) is 18.1. The first-order valence-corrected chi connectivity index (χ1v) is 8.76. The molecule has 1 fully saturated rings. The second kappa shape index (κ2) is 6.90. The third-order valence-electron chi connectivity index (χ3n) is 5.10. The number of rotatable bonds is 5. The summed E-state index contributed by atoms with van der Waals surface area (Å²) in [4.78, 5) is 53.8. The predicted molar refractivity (Wildman–Crippen MR) is 92.6 cm³/mol. The number of Topliss-reactive ketones (excluding diaryl/α,β-unsaturated/α-hetero) is 1. The quantitative estimate of drug-likeness (QED) is 0.375. The number of nitrogens with zero attached hydrogens (tertiary/aromatic N) is 1. The monoisotopic (exact) mass is 358 g/mol. The van der Waals surface area contributed by atoms with Crippen molar-refractivity contribution in [3.8, 4) is 0 Å². The van der Waals surface area contributed by atoms with Crippen LogP contribution in [0.4, 0.5) is 0 Å². The second-order valence-electron chi connectivity index (χ2n) is 6.69. The van der Waals surface area contributed by atoms with Gasteiger partial charge < -0.3 is 9.72 Å². The van der Waals surface area contributed by atoms with E-state index in [4.69, 9.17) is 4.74 Å². The van der Waals surface area contributed by atoms with Crippen LogP contribution in [0, 0.1) is 25.7 Å². The zero-order chi connectivity index (χ0) is 19.0. The van der Waals surface area contributed by atoms with Gasteiger partial charge in [-0.2, -0.15) is 0 Å². The highest BCUT2D eigenvalue weighted by molar-refractivity contribution is 6.10. The average molecular weight is 358 g/mol. The maximum atomic E-state index is 12.7. The van der Waals surface area contributed by atoms with Crippen molar-refractivity contribution in [3.05, 3.63) is 34.7 Å². The van der Waals surface area contributed by atoms with E-state index in [0.29, 0.717) is 29.7 Å². The van der Waals surface area contributed by atoms with Crippen LogP contribution in [0.15, 0.2) is 12.2 Å². The number of amides is 2. The number of ketones is 1. The van der Waals surface area contributed by atoms with Crippen molar-refractivity contribution in [2.24, 2.45) is 11.8 Å². The van der Waals surface area contributed by atoms with E-state index in [-0.39, 0.29) is 42.5 Å². The summed E-state index contributed by atoms with van der Waals surface area (Å²) in [5, 5.41) is 0. The molecule has 2 atom stereocenters. The molecular formula is C19H22N2O5. The lowest BCUT2D eigenvalue weighted by atomic mass is 9.85. The number of carbonyl (C=O) groups excluding carboxylic acids is 4. The van der Waals surface area contributed by atoms with Crippen molar-refractivity contribution in [1.29, 1.82) is 0 Å². The Hall–Kier alpha value is -2.70. The summed E-state index contributed by atoms with van der Waals surface area (Å²) in [7, 11) is 0. The van der Waals surface area contributed by atoms with Gasteiger partial charge in [0.2, 0.25) is 11.8 Å². The molecule has 138 valence electrons. The molecule has 0 spiro atoms. The van der Waals surface area contributed by atoms with E-state index >= 15 is 0 Å². The van der Waals surface area contributed by atoms with Gasteiger partial charge in [-0.05, 0) is 39.2 Å². The van der Waals surface area contributed by atoms with E-state index in [0.717, 1.165) is 4.90 Å². The van der Waals surface area contributed by atoms with Gasteiger partial charge in [0.05, 0.1) is 36.2 Å². The number of aromatic amines is 1. The van der Waals surface area contributed by atoms with Gasteiger partial charge in [0, 0.05) is 5.69 Å². The van der Waals surface area contributed by atoms with E-state index in [1.165, 1.54) is 0 Å². The molecule has 1 aliphatic heterocycles. The number of carbonyl (C=O) groups is 4. The van der Waals surface area contributed by atoms with Gasteiger partial charge in [0.25, 0.3) is 0 Å². The lowest BCUT2D eigenvalue weighted by molar-refractivity contribution is -0.139. The summed E-state index contributed by atoms with van der Waals surface area (Å²) in [6, 6.07) is 0. The number of ether oxygens (including phenoxy) is 1. The summed E-state index contributed by atoms with van der Waals surface area (Å²) in [5.74, 6) is -2.19. The number of likely N-dealkylation sites (tertiary alicyclic amines) is 1. The minimum Gasteiger partial charge on any atom is -0.462 e. The molecule has 2 heterocycles. The Morgan fingerprint density at radius 3 is 2.27 bits per heavy atom. The van der Waals surface area contributed by atoms with Crippen LogP contribution in [-0.4, -0.2) is 46.6 Å². The summed E-state index contributed by atoms with van der Waals surface area (Å²) >= 11 is 0. The van der Waals surface area contributed by atoms with Crippen LogP contribution in [0.3, 0.4) is 0 Å². The number of H-pyrrole nitrogens is 1. The maximum absolute atomic E-state index is 12.7. The number of hydrogen-bond acceptors (Lipinski definition) is 5. The topological polar surface area (TPSA) is 96.5 Å². The van der Waals surface area contributed by atoms with E-state index < -0.39 is 11.8 Å². The first-order valence-electron chi connectivity index (χ1n) is 8.76. The van der Waals surface area contributed by atoms with Crippen LogP contribution in [0.5, 0.6) is 0 Å². The molecule has 1 aromatic heterocycles. The fourth-order valence-corrected chi connectivity index (χ4v) is 3.79. The predicted octanol–water partition coefficient (Wildman–Crippen LogP) is 1.94. The SMILES string of the molecule is CCOC(=O)c1c(C)[nH]c(C(=O)CN2C(=O)[C@H]3CC=CC[C@H]3C2=O)c1C. The molecule has 7 heteroatoms. The summed E-state index contributed by atoms with van der Waals surface area (Å²) in [6.07, 6.45) is 4.88. The van der Waals surface area contributed by atoms with Crippen molar-refractivity contribution >= 4 is 23.6 Å². The van der Waals surface area contributed by atoms with Crippen LogP contribution in [-0.2, 0) is 14.3 Å². The number of aromatic nitrogens is 1. The van der Waals surface area contributed by atoms with Gasteiger partial charge >= 0.3 is 5.97 Å². The van der Waals surface area contributed by atoms with Crippen LogP contribution in [0.1, 0.15) is 51.9 Å². The third kappa shape index (κ3) is 2.87. The van der Waals surface area contributed by atoms with E-state index in [9.17, 15) is 19.2 Å². The number of aryl methyl sites for hydroxylation is 1. The van der Waals surface area contributed by atoms with Crippen molar-refractivity contribution in [2.45, 2.75) is 33.6 Å². The van der Waals surface area contributed by atoms with E-state index in [2.05, 4.69) is 4.98 Å². The van der Waals surface area contributed by atoms with Gasteiger partial charge in [-0.3, -0.25) is 19.3 Å². The molecule has 3 rings (SSSR count).